The molecule has 0 fully saturated rings. The van der Waals surface area contributed by atoms with Crippen molar-refractivity contribution in [1.82, 2.24) is 7.99 Å². The molecule has 0 radical (unpaired) electrons. The Kier molecular flexibility index (Phi) is 1.88. The van der Waals surface area contributed by atoms with Gasteiger partial charge in [-0.15, -0.1) is 0 Å². The number of aromatic nitrogens is 2. The Morgan fingerprint density at radius 3 is 3.09 bits per heavy atom. The first-order chi connectivity index (χ1) is 5.33. The minimum absolute atomic E-state index is 0.0663. The van der Waals surface area contributed by atoms with Gasteiger partial charge in [0.25, 0.3) is 0 Å². The predicted molar refractivity (Wildman–Crippen MR) is 43.7 cm³/mol. The van der Waals surface area contributed by atoms with Crippen LogP contribution in [0.2, 0.25) is 0 Å². The van der Waals surface area contributed by atoms with Crippen molar-refractivity contribution >= 4 is 22.2 Å². The number of alkyl halides is 1. The molecule has 4 heteroatoms. The fourth-order valence-electron chi connectivity index (χ4n) is 1.07. The molecule has 0 unspecified atom stereocenters. The zero-order chi connectivity index (χ0) is 7.84. The number of hydrogen-bond acceptors (Lipinski definition) is 2. The molecule has 0 aliphatic heterocycles. The fraction of sp³-hybridized carbons (Fsp3) is 0.286. The molecule has 0 amide bonds. The van der Waals surface area contributed by atoms with Crippen molar-refractivity contribution in [3.8, 4) is 0 Å². The van der Waals surface area contributed by atoms with Crippen LogP contribution >= 0.6 is 11.3 Å². The molecule has 2 rings (SSSR count). The summed E-state index contributed by atoms with van der Waals surface area (Å²) in [5.41, 5.74) is 2.49. The summed E-state index contributed by atoms with van der Waals surface area (Å²) < 4.78 is 2.15. The molecule has 0 N–H and O–H groups in total. The number of rotatable bonds is 1. The summed E-state index contributed by atoms with van der Waals surface area (Å²) in [5.74, 6) is 0. The van der Waals surface area contributed by atoms with Crippen molar-refractivity contribution in [1.29, 1.82) is 0 Å². The SMILES string of the molecule is C[I-]n1nc(C)c2cscc21. The van der Waals surface area contributed by atoms with E-state index in [9.17, 15) is 0 Å². The van der Waals surface area contributed by atoms with Crippen molar-refractivity contribution in [2.24, 2.45) is 0 Å². The summed E-state index contributed by atoms with van der Waals surface area (Å²) >= 11 is 1.83. The Morgan fingerprint density at radius 1 is 1.55 bits per heavy atom. The van der Waals surface area contributed by atoms with Gasteiger partial charge >= 0.3 is 80.0 Å². The first kappa shape index (κ1) is 7.54. The van der Waals surface area contributed by atoms with Crippen LogP contribution in [-0.2, 0) is 0 Å². The molecular weight excluding hydrogens is 271 g/mol. The summed E-state index contributed by atoms with van der Waals surface area (Å²) in [6, 6.07) is 0. The second kappa shape index (κ2) is 2.75. The van der Waals surface area contributed by atoms with Gasteiger partial charge in [0.1, 0.15) is 0 Å². The Bertz CT molecular complexity index is 377. The van der Waals surface area contributed by atoms with E-state index in [4.69, 9.17) is 0 Å². The second-order valence-electron chi connectivity index (χ2n) is 2.29. The van der Waals surface area contributed by atoms with E-state index in [0.29, 0.717) is 0 Å². The second-order valence-corrected chi connectivity index (χ2v) is 4.91. The van der Waals surface area contributed by atoms with E-state index in [-0.39, 0.29) is 21.5 Å². The Labute approximate surface area is 79.8 Å². The van der Waals surface area contributed by atoms with Gasteiger partial charge < -0.3 is 0 Å². The minimum atomic E-state index is 0.0663. The van der Waals surface area contributed by atoms with Crippen LogP contribution < -0.4 is 21.5 Å². The van der Waals surface area contributed by atoms with Crippen LogP contribution in [0.5, 0.6) is 0 Å². The predicted octanol–water partition coefficient (Wildman–Crippen LogP) is -1.11. The molecule has 11 heavy (non-hydrogen) atoms. The number of fused-ring (bicyclic) bond motifs is 1. The van der Waals surface area contributed by atoms with Crippen LogP contribution in [-0.4, -0.2) is 12.9 Å². The topological polar surface area (TPSA) is 17.8 Å². The van der Waals surface area contributed by atoms with Crippen molar-refractivity contribution in [2.75, 3.05) is 4.93 Å². The van der Waals surface area contributed by atoms with Gasteiger partial charge in [0.15, 0.2) is 0 Å². The molecule has 2 nitrogen and oxygen atoms in total. The van der Waals surface area contributed by atoms with Crippen LogP contribution in [0, 0.1) is 6.92 Å². The van der Waals surface area contributed by atoms with Crippen LogP contribution in [0.15, 0.2) is 10.8 Å². The van der Waals surface area contributed by atoms with Crippen molar-refractivity contribution < 1.29 is 21.5 Å². The molecule has 0 atom stereocenters. The Balaban J connectivity index is 2.80. The van der Waals surface area contributed by atoms with Crippen molar-refractivity contribution in [3.63, 3.8) is 0 Å². The summed E-state index contributed by atoms with van der Waals surface area (Å²) in [5, 5.41) is 10.1. The number of halogens is 1. The zero-order valence-electron chi connectivity index (χ0n) is 6.34. The van der Waals surface area contributed by atoms with Crippen LogP contribution in [0.25, 0.3) is 10.9 Å². The van der Waals surface area contributed by atoms with Crippen LogP contribution in [0.3, 0.4) is 0 Å². The first-order valence-corrected chi connectivity index (χ1v) is 7.31. The maximum absolute atomic E-state index is 4.44. The van der Waals surface area contributed by atoms with Gasteiger partial charge in [-0.2, -0.15) is 0 Å². The van der Waals surface area contributed by atoms with Gasteiger partial charge in [-0.1, -0.05) is 0 Å². The van der Waals surface area contributed by atoms with Gasteiger partial charge in [0.05, 0.1) is 0 Å². The summed E-state index contributed by atoms with van der Waals surface area (Å²) in [6.07, 6.45) is 0. The molecule has 0 aromatic carbocycles. The Morgan fingerprint density at radius 2 is 2.36 bits per heavy atom. The summed E-state index contributed by atoms with van der Waals surface area (Å²) in [7, 11) is 0. The number of hydrogen-bond donors (Lipinski definition) is 0. The van der Waals surface area contributed by atoms with E-state index in [1.54, 1.807) is 11.3 Å². The van der Waals surface area contributed by atoms with Gasteiger partial charge in [-0.05, 0) is 0 Å². The van der Waals surface area contributed by atoms with Crippen LogP contribution in [0.1, 0.15) is 5.69 Å². The molecule has 0 spiro atoms. The molecule has 60 valence electrons. The molecule has 2 heterocycles. The van der Waals surface area contributed by atoms with Gasteiger partial charge in [-0.25, -0.2) is 0 Å². The Hall–Kier alpha value is -0.100. The van der Waals surface area contributed by atoms with Gasteiger partial charge in [0, 0.05) is 0 Å². The molecule has 0 saturated carbocycles. The standard InChI is InChI=1S/C7H8IN2S/c1-5-6-3-11-4-7(6)10(8-2)9-5/h3-4H,1-2H3/q-1. The third-order valence-electron chi connectivity index (χ3n) is 1.63. The summed E-state index contributed by atoms with van der Waals surface area (Å²) in [6.45, 7) is 2.07. The van der Waals surface area contributed by atoms with Gasteiger partial charge in [-0.3, -0.25) is 0 Å². The molecule has 2 aromatic rings. The molecule has 2 aromatic heterocycles. The first-order valence-electron chi connectivity index (χ1n) is 3.24. The quantitative estimate of drug-likeness (QED) is 0.478. The van der Waals surface area contributed by atoms with Crippen LogP contribution in [0.4, 0.5) is 0 Å². The molecular formula is C7H8IN2S-. The van der Waals surface area contributed by atoms with E-state index >= 15 is 0 Å². The molecule has 0 bridgehead atoms. The third kappa shape index (κ3) is 1.08. The molecule has 0 aliphatic rings. The van der Waals surface area contributed by atoms with Crippen molar-refractivity contribution in [3.05, 3.63) is 16.5 Å². The average molecular weight is 279 g/mol. The molecule has 0 saturated heterocycles. The van der Waals surface area contributed by atoms with Gasteiger partial charge in [0.2, 0.25) is 0 Å². The fourth-order valence-corrected chi connectivity index (χ4v) is 3.57. The zero-order valence-corrected chi connectivity index (χ0v) is 9.31. The van der Waals surface area contributed by atoms with E-state index < -0.39 is 0 Å². The number of thiophene rings is 1. The third-order valence-corrected chi connectivity index (χ3v) is 4.01. The monoisotopic (exact) mass is 279 g/mol. The maximum atomic E-state index is 4.44. The van der Waals surface area contributed by atoms with Crippen molar-refractivity contribution in [2.45, 2.75) is 6.92 Å². The molecule has 0 aliphatic carbocycles. The van der Waals surface area contributed by atoms with E-state index in [2.05, 4.69) is 30.6 Å². The number of nitrogens with zero attached hydrogens (tertiary/aromatic N) is 2. The number of aryl methyl sites for hydroxylation is 1. The average Bonchev–Trinajstić information content (AvgIpc) is 2.54. The summed E-state index contributed by atoms with van der Waals surface area (Å²) in [4.78, 5) is 2.22. The van der Waals surface area contributed by atoms with E-state index in [1.165, 1.54) is 16.6 Å². The van der Waals surface area contributed by atoms with E-state index in [1.807, 2.05) is 0 Å². The van der Waals surface area contributed by atoms with E-state index in [0.717, 1.165) is 0 Å². The normalized spacial score (nSPS) is 11.5.